The SMILES string of the molecule is COc1ccccc1NC(=O)CCNCCc1ccc(F)cc1. The van der Waals surface area contributed by atoms with E-state index in [2.05, 4.69) is 10.6 Å². The minimum Gasteiger partial charge on any atom is -0.495 e. The molecule has 0 atom stereocenters. The van der Waals surface area contributed by atoms with Gasteiger partial charge in [0, 0.05) is 13.0 Å². The van der Waals surface area contributed by atoms with Crippen LogP contribution in [0, 0.1) is 5.82 Å². The highest BCUT2D eigenvalue weighted by Gasteiger charge is 2.06. The molecule has 0 radical (unpaired) electrons. The fraction of sp³-hybridized carbons (Fsp3) is 0.278. The second-order valence-corrected chi connectivity index (χ2v) is 5.12. The van der Waals surface area contributed by atoms with Crippen LogP contribution in [0.4, 0.5) is 10.1 Å². The second-order valence-electron chi connectivity index (χ2n) is 5.12. The van der Waals surface area contributed by atoms with Gasteiger partial charge in [0.1, 0.15) is 11.6 Å². The first-order valence-corrected chi connectivity index (χ1v) is 7.57. The second kappa shape index (κ2) is 8.90. The monoisotopic (exact) mass is 316 g/mol. The minimum absolute atomic E-state index is 0.0659. The Kier molecular flexibility index (Phi) is 6.56. The maximum atomic E-state index is 12.8. The molecule has 0 aliphatic carbocycles. The molecule has 0 saturated heterocycles. The predicted molar refractivity (Wildman–Crippen MR) is 89.2 cm³/mol. The lowest BCUT2D eigenvalue weighted by Gasteiger charge is -2.10. The number of hydrogen-bond donors (Lipinski definition) is 2. The average Bonchev–Trinajstić information content (AvgIpc) is 2.57. The Morgan fingerprint density at radius 2 is 1.83 bits per heavy atom. The molecule has 23 heavy (non-hydrogen) atoms. The van der Waals surface area contributed by atoms with E-state index in [0.717, 1.165) is 18.5 Å². The van der Waals surface area contributed by atoms with Gasteiger partial charge in [0.15, 0.2) is 0 Å². The van der Waals surface area contributed by atoms with Crippen molar-refractivity contribution < 1.29 is 13.9 Å². The van der Waals surface area contributed by atoms with E-state index < -0.39 is 0 Å². The lowest BCUT2D eigenvalue weighted by atomic mass is 10.1. The summed E-state index contributed by atoms with van der Waals surface area (Å²) >= 11 is 0. The fourth-order valence-corrected chi connectivity index (χ4v) is 2.17. The molecule has 2 rings (SSSR count). The molecule has 2 N–H and O–H groups in total. The molecule has 2 aromatic carbocycles. The van der Waals surface area contributed by atoms with Gasteiger partial charge in [0.2, 0.25) is 5.91 Å². The molecule has 0 aliphatic rings. The van der Waals surface area contributed by atoms with Crippen molar-refractivity contribution in [2.24, 2.45) is 0 Å². The summed E-state index contributed by atoms with van der Waals surface area (Å²) in [4.78, 5) is 11.9. The predicted octanol–water partition coefficient (Wildman–Crippen LogP) is 3.00. The highest BCUT2D eigenvalue weighted by Crippen LogP contribution is 2.22. The summed E-state index contributed by atoms with van der Waals surface area (Å²) in [6, 6.07) is 13.8. The maximum Gasteiger partial charge on any atom is 0.225 e. The highest BCUT2D eigenvalue weighted by atomic mass is 19.1. The van der Waals surface area contributed by atoms with Crippen LogP contribution in [0.1, 0.15) is 12.0 Å². The number of ether oxygens (including phenoxy) is 1. The van der Waals surface area contributed by atoms with E-state index in [1.54, 1.807) is 31.4 Å². The van der Waals surface area contributed by atoms with Crippen molar-refractivity contribution in [2.75, 3.05) is 25.5 Å². The van der Waals surface area contributed by atoms with Crippen molar-refractivity contribution >= 4 is 11.6 Å². The van der Waals surface area contributed by atoms with Gasteiger partial charge in [-0.25, -0.2) is 4.39 Å². The van der Waals surface area contributed by atoms with Crippen LogP contribution in [0.5, 0.6) is 5.75 Å². The number of benzene rings is 2. The normalized spacial score (nSPS) is 10.3. The van der Waals surface area contributed by atoms with Crippen LogP contribution in [-0.2, 0) is 11.2 Å². The van der Waals surface area contributed by atoms with Crippen LogP contribution in [0.25, 0.3) is 0 Å². The molecule has 0 aromatic heterocycles. The molecule has 122 valence electrons. The number of methoxy groups -OCH3 is 1. The minimum atomic E-state index is -0.227. The molecule has 0 aliphatic heterocycles. The third-order valence-electron chi connectivity index (χ3n) is 3.41. The first kappa shape index (κ1) is 17.0. The number of anilines is 1. The third-order valence-corrected chi connectivity index (χ3v) is 3.41. The zero-order valence-electron chi connectivity index (χ0n) is 13.1. The summed E-state index contributed by atoms with van der Waals surface area (Å²) in [6.45, 7) is 1.33. The molecule has 5 heteroatoms. The van der Waals surface area contributed by atoms with E-state index in [-0.39, 0.29) is 11.7 Å². The molecule has 0 saturated carbocycles. The number of para-hydroxylation sites is 2. The Morgan fingerprint density at radius 3 is 2.57 bits per heavy atom. The van der Waals surface area contributed by atoms with Crippen molar-refractivity contribution in [1.29, 1.82) is 0 Å². The third kappa shape index (κ3) is 5.71. The van der Waals surface area contributed by atoms with Crippen LogP contribution in [0.3, 0.4) is 0 Å². The number of rotatable bonds is 8. The molecule has 0 unspecified atom stereocenters. The number of carbonyl (C=O) groups excluding carboxylic acids is 1. The molecule has 0 spiro atoms. The largest absolute Gasteiger partial charge is 0.495 e. The number of carbonyl (C=O) groups is 1. The van der Waals surface area contributed by atoms with Gasteiger partial charge >= 0.3 is 0 Å². The van der Waals surface area contributed by atoms with E-state index in [9.17, 15) is 9.18 Å². The van der Waals surface area contributed by atoms with Crippen molar-refractivity contribution in [1.82, 2.24) is 5.32 Å². The van der Waals surface area contributed by atoms with E-state index in [1.807, 2.05) is 12.1 Å². The first-order valence-electron chi connectivity index (χ1n) is 7.57. The standard InChI is InChI=1S/C18H21FN2O2/c1-23-17-5-3-2-4-16(17)21-18(22)11-13-20-12-10-14-6-8-15(19)9-7-14/h2-9,20H,10-13H2,1H3,(H,21,22). The Morgan fingerprint density at radius 1 is 1.09 bits per heavy atom. The zero-order valence-corrected chi connectivity index (χ0v) is 13.1. The highest BCUT2D eigenvalue weighted by molar-refractivity contribution is 5.92. The van der Waals surface area contributed by atoms with E-state index in [0.29, 0.717) is 24.4 Å². The Balaban J connectivity index is 1.66. The molecule has 0 heterocycles. The van der Waals surface area contributed by atoms with Gasteiger partial charge in [-0.15, -0.1) is 0 Å². The average molecular weight is 316 g/mol. The van der Waals surface area contributed by atoms with Crippen LogP contribution in [-0.4, -0.2) is 26.1 Å². The Hall–Kier alpha value is -2.40. The molecular weight excluding hydrogens is 295 g/mol. The van der Waals surface area contributed by atoms with Crippen molar-refractivity contribution in [3.05, 3.63) is 59.9 Å². The smallest absolute Gasteiger partial charge is 0.225 e. The van der Waals surface area contributed by atoms with Gasteiger partial charge in [-0.2, -0.15) is 0 Å². The Bertz CT molecular complexity index is 629. The van der Waals surface area contributed by atoms with Crippen LogP contribution >= 0.6 is 0 Å². The summed E-state index contributed by atoms with van der Waals surface area (Å²) in [5, 5.41) is 6.04. The van der Waals surface area contributed by atoms with Gasteiger partial charge in [0.25, 0.3) is 0 Å². The number of hydrogen-bond acceptors (Lipinski definition) is 3. The Labute approximate surface area is 135 Å². The van der Waals surface area contributed by atoms with Gasteiger partial charge in [-0.05, 0) is 42.8 Å². The van der Waals surface area contributed by atoms with Gasteiger partial charge in [-0.1, -0.05) is 24.3 Å². The zero-order chi connectivity index (χ0) is 16.5. The van der Waals surface area contributed by atoms with Gasteiger partial charge in [0.05, 0.1) is 12.8 Å². The summed E-state index contributed by atoms with van der Waals surface area (Å²) in [6.07, 6.45) is 1.18. The molecular formula is C18H21FN2O2. The van der Waals surface area contributed by atoms with E-state index in [1.165, 1.54) is 12.1 Å². The number of nitrogens with one attached hydrogen (secondary N) is 2. The summed E-state index contributed by atoms with van der Waals surface area (Å²) < 4.78 is 18.0. The quantitative estimate of drug-likeness (QED) is 0.736. The van der Waals surface area contributed by atoms with Crippen LogP contribution < -0.4 is 15.4 Å². The van der Waals surface area contributed by atoms with Gasteiger partial charge in [-0.3, -0.25) is 4.79 Å². The molecule has 4 nitrogen and oxygen atoms in total. The lowest BCUT2D eigenvalue weighted by molar-refractivity contribution is -0.116. The summed E-state index contributed by atoms with van der Waals surface area (Å²) in [7, 11) is 1.57. The fourth-order valence-electron chi connectivity index (χ4n) is 2.17. The van der Waals surface area contributed by atoms with Crippen molar-refractivity contribution in [3.8, 4) is 5.75 Å². The lowest BCUT2D eigenvalue weighted by Crippen LogP contribution is -2.23. The topological polar surface area (TPSA) is 50.4 Å². The first-order chi connectivity index (χ1) is 11.2. The van der Waals surface area contributed by atoms with Crippen LogP contribution in [0.2, 0.25) is 0 Å². The molecule has 0 bridgehead atoms. The number of halogens is 1. The maximum absolute atomic E-state index is 12.8. The van der Waals surface area contributed by atoms with Crippen molar-refractivity contribution in [3.63, 3.8) is 0 Å². The molecule has 1 amide bonds. The number of amides is 1. The summed E-state index contributed by atoms with van der Waals surface area (Å²) in [5.74, 6) is 0.351. The van der Waals surface area contributed by atoms with E-state index >= 15 is 0 Å². The molecule has 2 aromatic rings. The summed E-state index contributed by atoms with van der Waals surface area (Å²) in [5.41, 5.74) is 1.74. The van der Waals surface area contributed by atoms with Gasteiger partial charge < -0.3 is 15.4 Å². The molecule has 0 fully saturated rings. The van der Waals surface area contributed by atoms with E-state index in [4.69, 9.17) is 4.74 Å². The van der Waals surface area contributed by atoms with Crippen molar-refractivity contribution in [2.45, 2.75) is 12.8 Å². The van der Waals surface area contributed by atoms with Crippen LogP contribution in [0.15, 0.2) is 48.5 Å².